The van der Waals surface area contributed by atoms with E-state index in [2.05, 4.69) is 0 Å². The van der Waals surface area contributed by atoms with E-state index in [0.29, 0.717) is 11.3 Å². The van der Waals surface area contributed by atoms with Gasteiger partial charge in [0.1, 0.15) is 5.75 Å². The standard InChI is InChI=1S/C13H16O3/c1-13(2)10-5-4-8(16-3)6-9(10)12(15)11(13)7-14/h4-6,11,14H,7H2,1-3H3. The molecule has 3 nitrogen and oxygen atoms in total. The van der Waals surface area contributed by atoms with Crippen LogP contribution in [-0.4, -0.2) is 24.6 Å². The van der Waals surface area contributed by atoms with Crippen LogP contribution in [0, 0.1) is 5.92 Å². The second-order valence-electron chi connectivity index (χ2n) is 4.73. The maximum Gasteiger partial charge on any atom is 0.169 e. The number of aliphatic hydroxyl groups is 1. The Kier molecular flexibility index (Phi) is 2.50. The molecule has 1 N–H and O–H groups in total. The van der Waals surface area contributed by atoms with E-state index in [1.54, 1.807) is 13.2 Å². The highest BCUT2D eigenvalue weighted by atomic mass is 16.5. The minimum Gasteiger partial charge on any atom is -0.497 e. The van der Waals surface area contributed by atoms with Gasteiger partial charge in [-0.3, -0.25) is 4.79 Å². The van der Waals surface area contributed by atoms with Crippen molar-refractivity contribution in [2.75, 3.05) is 13.7 Å². The fourth-order valence-electron chi connectivity index (χ4n) is 2.43. The van der Waals surface area contributed by atoms with E-state index in [4.69, 9.17) is 4.74 Å². The first kappa shape index (κ1) is 11.1. The van der Waals surface area contributed by atoms with Crippen molar-refractivity contribution < 1.29 is 14.6 Å². The lowest BCUT2D eigenvalue weighted by atomic mass is 9.79. The fourth-order valence-corrected chi connectivity index (χ4v) is 2.43. The summed E-state index contributed by atoms with van der Waals surface area (Å²) < 4.78 is 5.11. The minimum atomic E-state index is -0.338. The van der Waals surface area contributed by atoms with Crippen molar-refractivity contribution >= 4 is 5.78 Å². The summed E-state index contributed by atoms with van der Waals surface area (Å²) in [5.74, 6) is 0.359. The molecule has 0 amide bonds. The summed E-state index contributed by atoms with van der Waals surface area (Å²) in [6, 6.07) is 5.53. The normalized spacial score (nSPS) is 22.0. The number of carbonyl (C=O) groups is 1. The SMILES string of the molecule is COc1ccc2c(c1)C(=O)C(CO)C2(C)C. The van der Waals surface area contributed by atoms with Crippen molar-refractivity contribution in [1.82, 2.24) is 0 Å². The van der Waals surface area contributed by atoms with E-state index in [-0.39, 0.29) is 23.7 Å². The van der Waals surface area contributed by atoms with Gasteiger partial charge in [-0.2, -0.15) is 0 Å². The van der Waals surface area contributed by atoms with Gasteiger partial charge in [-0.1, -0.05) is 19.9 Å². The summed E-state index contributed by atoms with van der Waals surface area (Å²) >= 11 is 0. The number of hydrogen-bond donors (Lipinski definition) is 1. The molecular weight excluding hydrogens is 204 g/mol. The van der Waals surface area contributed by atoms with E-state index in [1.165, 1.54) is 0 Å². The monoisotopic (exact) mass is 220 g/mol. The molecule has 0 saturated carbocycles. The summed E-state index contributed by atoms with van der Waals surface area (Å²) in [6.45, 7) is 3.87. The molecule has 1 aromatic carbocycles. The van der Waals surface area contributed by atoms with Gasteiger partial charge in [0.2, 0.25) is 0 Å². The van der Waals surface area contributed by atoms with Crippen molar-refractivity contribution in [3.63, 3.8) is 0 Å². The van der Waals surface area contributed by atoms with Gasteiger partial charge in [-0.15, -0.1) is 0 Å². The van der Waals surface area contributed by atoms with Gasteiger partial charge in [0.25, 0.3) is 0 Å². The Bertz CT molecular complexity index is 435. The Labute approximate surface area is 95.0 Å². The van der Waals surface area contributed by atoms with E-state index >= 15 is 0 Å². The molecule has 0 spiro atoms. The van der Waals surface area contributed by atoms with Crippen LogP contribution in [0.25, 0.3) is 0 Å². The number of ether oxygens (including phenoxy) is 1. The third-order valence-corrected chi connectivity index (χ3v) is 3.56. The molecule has 2 rings (SSSR count). The number of fused-ring (bicyclic) bond motifs is 1. The number of rotatable bonds is 2. The van der Waals surface area contributed by atoms with Crippen molar-refractivity contribution in [1.29, 1.82) is 0 Å². The Morgan fingerprint density at radius 3 is 2.69 bits per heavy atom. The van der Waals surface area contributed by atoms with Gasteiger partial charge in [0.15, 0.2) is 5.78 Å². The maximum atomic E-state index is 12.1. The summed E-state index contributed by atoms with van der Waals surface area (Å²) in [5.41, 5.74) is 1.38. The van der Waals surface area contributed by atoms with Crippen LogP contribution in [0.3, 0.4) is 0 Å². The Morgan fingerprint density at radius 2 is 2.12 bits per heavy atom. The minimum absolute atomic E-state index is 0.0152. The van der Waals surface area contributed by atoms with Gasteiger partial charge >= 0.3 is 0 Å². The molecule has 0 bridgehead atoms. The highest BCUT2D eigenvalue weighted by Gasteiger charge is 2.45. The van der Waals surface area contributed by atoms with Crippen molar-refractivity contribution in [3.8, 4) is 5.75 Å². The average molecular weight is 220 g/mol. The lowest BCUT2D eigenvalue weighted by molar-refractivity contribution is 0.0815. The molecule has 0 radical (unpaired) electrons. The number of methoxy groups -OCH3 is 1. The molecule has 1 atom stereocenters. The first-order valence-corrected chi connectivity index (χ1v) is 5.36. The van der Waals surface area contributed by atoms with Crippen LogP contribution >= 0.6 is 0 Å². The first-order valence-electron chi connectivity index (χ1n) is 5.36. The van der Waals surface area contributed by atoms with Crippen molar-refractivity contribution in [2.45, 2.75) is 19.3 Å². The number of benzene rings is 1. The summed E-state index contributed by atoms with van der Waals surface area (Å²) in [7, 11) is 1.58. The highest BCUT2D eigenvalue weighted by Crippen LogP contribution is 2.43. The predicted octanol–water partition coefficient (Wildman–Crippen LogP) is 1.78. The molecule has 0 saturated heterocycles. The van der Waals surface area contributed by atoms with Crippen LogP contribution in [0.5, 0.6) is 5.75 Å². The molecule has 1 aliphatic rings. The molecule has 0 aromatic heterocycles. The van der Waals surface area contributed by atoms with Gasteiger partial charge in [0.05, 0.1) is 19.6 Å². The quantitative estimate of drug-likeness (QED) is 0.826. The summed E-state index contributed by atoms with van der Waals surface area (Å²) in [5, 5.41) is 9.32. The molecule has 86 valence electrons. The number of carbonyl (C=O) groups excluding carboxylic acids is 1. The van der Waals surface area contributed by atoms with Crippen LogP contribution in [0.2, 0.25) is 0 Å². The van der Waals surface area contributed by atoms with E-state index in [1.807, 2.05) is 26.0 Å². The van der Waals surface area contributed by atoms with Gasteiger partial charge in [-0.25, -0.2) is 0 Å². The molecule has 1 aromatic rings. The van der Waals surface area contributed by atoms with Gasteiger partial charge in [0, 0.05) is 11.0 Å². The molecular formula is C13H16O3. The Hall–Kier alpha value is -1.35. The molecule has 0 heterocycles. The summed E-state index contributed by atoms with van der Waals surface area (Å²) in [6.07, 6.45) is 0. The second kappa shape index (κ2) is 3.59. The topological polar surface area (TPSA) is 46.5 Å². The van der Waals surface area contributed by atoms with Gasteiger partial charge in [-0.05, 0) is 17.7 Å². The summed E-state index contributed by atoms with van der Waals surface area (Å²) in [4.78, 5) is 12.1. The number of aliphatic hydroxyl groups excluding tert-OH is 1. The lowest BCUT2D eigenvalue weighted by Gasteiger charge is -2.25. The van der Waals surface area contributed by atoms with Crippen molar-refractivity contribution in [2.24, 2.45) is 5.92 Å². The van der Waals surface area contributed by atoms with Crippen LogP contribution in [-0.2, 0) is 5.41 Å². The maximum absolute atomic E-state index is 12.1. The molecule has 0 aliphatic heterocycles. The van der Waals surface area contributed by atoms with E-state index in [9.17, 15) is 9.90 Å². The number of hydrogen-bond acceptors (Lipinski definition) is 3. The average Bonchev–Trinajstić information content (AvgIpc) is 2.46. The van der Waals surface area contributed by atoms with E-state index < -0.39 is 0 Å². The zero-order chi connectivity index (χ0) is 11.9. The smallest absolute Gasteiger partial charge is 0.169 e. The Morgan fingerprint density at radius 1 is 1.44 bits per heavy atom. The fraction of sp³-hybridized carbons (Fsp3) is 0.462. The lowest BCUT2D eigenvalue weighted by Crippen LogP contribution is -2.29. The van der Waals surface area contributed by atoms with Crippen LogP contribution in [0.1, 0.15) is 29.8 Å². The highest BCUT2D eigenvalue weighted by molar-refractivity contribution is 6.04. The molecule has 0 fully saturated rings. The van der Waals surface area contributed by atoms with Crippen LogP contribution < -0.4 is 4.74 Å². The molecule has 1 aliphatic carbocycles. The number of ketones is 1. The number of Topliss-reactive ketones (excluding diaryl/α,β-unsaturated/α-hetero) is 1. The first-order chi connectivity index (χ1) is 7.52. The third-order valence-electron chi connectivity index (χ3n) is 3.56. The second-order valence-corrected chi connectivity index (χ2v) is 4.73. The van der Waals surface area contributed by atoms with Crippen LogP contribution in [0.15, 0.2) is 18.2 Å². The zero-order valence-electron chi connectivity index (χ0n) is 9.78. The predicted molar refractivity (Wildman–Crippen MR) is 60.9 cm³/mol. The molecule has 16 heavy (non-hydrogen) atoms. The molecule has 3 heteroatoms. The van der Waals surface area contributed by atoms with E-state index in [0.717, 1.165) is 5.56 Å². The van der Waals surface area contributed by atoms with Crippen LogP contribution in [0.4, 0.5) is 0 Å². The van der Waals surface area contributed by atoms with Gasteiger partial charge < -0.3 is 9.84 Å². The third kappa shape index (κ3) is 1.35. The molecule has 1 unspecified atom stereocenters. The van der Waals surface area contributed by atoms with Crippen molar-refractivity contribution in [3.05, 3.63) is 29.3 Å². The largest absolute Gasteiger partial charge is 0.497 e. The Balaban J connectivity index is 2.57. The zero-order valence-corrected chi connectivity index (χ0v) is 9.78.